The first-order chi connectivity index (χ1) is 13.6. The largest absolute Gasteiger partial charge is 0.490 e. The SMILES string of the molecule is CCOc1cccc(CNC(=NC)NCCCOC2CCCC2)c1OC(F)F.I. The Hall–Kier alpha value is -1.36. The van der Waals surface area contributed by atoms with E-state index in [2.05, 4.69) is 20.4 Å². The molecule has 0 saturated heterocycles. The van der Waals surface area contributed by atoms with Crippen LogP contribution in [-0.2, 0) is 11.3 Å². The fraction of sp³-hybridized carbons (Fsp3) is 0.650. The van der Waals surface area contributed by atoms with Crippen LogP contribution >= 0.6 is 24.0 Å². The molecule has 0 heterocycles. The molecule has 0 aliphatic heterocycles. The van der Waals surface area contributed by atoms with Gasteiger partial charge in [0.05, 0.1) is 12.7 Å². The summed E-state index contributed by atoms with van der Waals surface area (Å²) in [6, 6.07) is 5.08. The number of benzene rings is 1. The maximum absolute atomic E-state index is 12.8. The van der Waals surface area contributed by atoms with Gasteiger partial charge >= 0.3 is 6.61 Å². The molecule has 1 saturated carbocycles. The molecule has 0 radical (unpaired) electrons. The van der Waals surface area contributed by atoms with Gasteiger partial charge in [0.25, 0.3) is 0 Å². The third-order valence-electron chi connectivity index (χ3n) is 4.51. The van der Waals surface area contributed by atoms with Crippen molar-refractivity contribution in [2.75, 3.05) is 26.8 Å². The lowest BCUT2D eigenvalue weighted by molar-refractivity contribution is -0.0520. The fourth-order valence-corrected chi connectivity index (χ4v) is 3.18. The highest BCUT2D eigenvalue weighted by Crippen LogP contribution is 2.32. The van der Waals surface area contributed by atoms with Crippen molar-refractivity contribution < 1.29 is 23.0 Å². The van der Waals surface area contributed by atoms with E-state index in [-0.39, 0.29) is 36.3 Å². The average molecular weight is 527 g/mol. The molecule has 9 heteroatoms. The minimum atomic E-state index is -2.92. The summed E-state index contributed by atoms with van der Waals surface area (Å²) in [6.07, 6.45) is 6.16. The monoisotopic (exact) mass is 527 g/mol. The van der Waals surface area contributed by atoms with E-state index in [1.165, 1.54) is 25.7 Å². The summed E-state index contributed by atoms with van der Waals surface area (Å²) in [6.45, 7) is 0.949. The zero-order valence-electron chi connectivity index (χ0n) is 17.1. The van der Waals surface area contributed by atoms with Gasteiger partial charge in [-0.05, 0) is 32.3 Å². The Balaban J connectivity index is 0.00000420. The Morgan fingerprint density at radius 1 is 1.24 bits per heavy atom. The second kappa shape index (κ2) is 14.6. The van der Waals surface area contributed by atoms with E-state index in [0.29, 0.717) is 36.5 Å². The molecule has 1 aliphatic rings. The number of ether oxygens (including phenoxy) is 3. The van der Waals surface area contributed by atoms with Gasteiger partial charge in [0.1, 0.15) is 0 Å². The number of nitrogens with one attached hydrogen (secondary N) is 2. The predicted octanol–water partition coefficient (Wildman–Crippen LogP) is 4.32. The van der Waals surface area contributed by atoms with Crippen LogP contribution in [0.15, 0.2) is 23.2 Å². The lowest BCUT2D eigenvalue weighted by atomic mass is 10.2. The summed E-state index contributed by atoms with van der Waals surface area (Å²) in [5, 5.41) is 6.32. The quantitative estimate of drug-likeness (QED) is 0.194. The Morgan fingerprint density at radius 2 is 2.00 bits per heavy atom. The van der Waals surface area contributed by atoms with Gasteiger partial charge in [0, 0.05) is 32.3 Å². The molecule has 1 aromatic rings. The van der Waals surface area contributed by atoms with Crippen LogP contribution in [0, 0.1) is 0 Å². The second-order valence-corrected chi connectivity index (χ2v) is 6.54. The molecule has 29 heavy (non-hydrogen) atoms. The van der Waals surface area contributed by atoms with Crippen LogP contribution in [0.5, 0.6) is 11.5 Å². The maximum atomic E-state index is 12.8. The highest BCUT2D eigenvalue weighted by atomic mass is 127. The van der Waals surface area contributed by atoms with Gasteiger partial charge in [0.2, 0.25) is 0 Å². The lowest BCUT2D eigenvalue weighted by Gasteiger charge is -2.17. The molecular weight excluding hydrogens is 495 g/mol. The minimum Gasteiger partial charge on any atom is -0.490 e. The zero-order valence-corrected chi connectivity index (χ0v) is 19.4. The summed E-state index contributed by atoms with van der Waals surface area (Å²) in [4.78, 5) is 4.16. The van der Waals surface area contributed by atoms with E-state index in [1.807, 2.05) is 0 Å². The number of nitrogens with zero attached hydrogens (tertiary/aromatic N) is 1. The average Bonchev–Trinajstić information content (AvgIpc) is 3.19. The Morgan fingerprint density at radius 3 is 2.66 bits per heavy atom. The van der Waals surface area contributed by atoms with Crippen molar-refractivity contribution in [2.45, 2.75) is 58.3 Å². The van der Waals surface area contributed by atoms with Crippen LogP contribution in [0.1, 0.15) is 44.6 Å². The smallest absolute Gasteiger partial charge is 0.387 e. The summed E-state index contributed by atoms with van der Waals surface area (Å²) in [5.74, 6) is 0.937. The summed E-state index contributed by atoms with van der Waals surface area (Å²) in [5.41, 5.74) is 0.568. The van der Waals surface area contributed by atoms with Crippen molar-refractivity contribution in [1.29, 1.82) is 0 Å². The predicted molar refractivity (Wildman–Crippen MR) is 121 cm³/mol. The standard InChI is InChI=1S/C20H31F2N3O3.HI/c1-3-26-17-11-6-8-15(18(17)28-19(21)22)14-25-20(23-2)24-12-7-13-27-16-9-4-5-10-16;/h6,8,11,16,19H,3-5,7,9-10,12-14H2,1-2H3,(H2,23,24,25);1H. The molecule has 1 aromatic carbocycles. The molecule has 1 aliphatic carbocycles. The molecule has 166 valence electrons. The third kappa shape index (κ3) is 9.33. The Bertz CT molecular complexity index is 615. The molecule has 0 unspecified atom stereocenters. The number of guanidine groups is 1. The van der Waals surface area contributed by atoms with Crippen LogP contribution in [0.2, 0.25) is 0 Å². The number of alkyl halides is 2. The summed E-state index contributed by atoms with van der Waals surface area (Å²) >= 11 is 0. The maximum Gasteiger partial charge on any atom is 0.387 e. The van der Waals surface area contributed by atoms with E-state index in [4.69, 9.17) is 9.47 Å². The van der Waals surface area contributed by atoms with Crippen molar-refractivity contribution >= 4 is 29.9 Å². The molecule has 0 aromatic heterocycles. The molecule has 0 spiro atoms. The number of halogens is 3. The minimum absolute atomic E-state index is 0. The summed E-state index contributed by atoms with van der Waals surface area (Å²) in [7, 11) is 1.66. The second-order valence-electron chi connectivity index (χ2n) is 6.54. The Kier molecular flexibility index (Phi) is 12.9. The zero-order chi connectivity index (χ0) is 20.2. The first kappa shape index (κ1) is 25.7. The van der Waals surface area contributed by atoms with E-state index >= 15 is 0 Å². The molecular formula is C20H32F2IN3O3. The van der Waals surface area contributed by atoms with Crippen molar-refractivity contribution in [3.8, 4) is 11.5 Å². The number of rotatable bonds is 11. The van der Waals surface area contributed by atoms with Crippen LogP contribution in [0.4, 0.5) is 8.78 Å². The van der Waals surface area contributed by atoms with Gasteiger partial charge in [-0.2, -0.15) is 8.78 Å². The van der Waals surface area contributed by atoms with Crippen LogP contribution < -0.4 is 20.1 Å². The van der Waals surface area contributed by atoms with Gasteiger partial charge in [-0.1, -0.05) is 25.0 Å². The molecule has 0 amide bonds. The van der Waals surface area contributed by atoms with Crippen LogP contribution in [0.25, 0.3) is 0 Å². The van der Waals surface area contributed by atoms with Gasteiger partial charge in [-0.15, -0.1) is 24.0 Å². The number of para-hydroxylation sites is 1. The van der Waals surface area contributed by atoms with Crippen molar-refractivity contribution in [2.24, 2.45) is 4.99 Å². The van der Waals surface area contributed by atoms with E-state index < -0.39 is 6.61 Å². The van der Waals surface area contributed by atoms with Gasteiger partial charge in [-0.3, -0.25) is 4.99 Å². The number of hydrogen-bond acceptors (Lipinski definition) is 4. The number of aliphatic imine (C=N–C) groups is 1. The molecule has 1 fully saturated rings. The van der Waals surface area contributed by atoms with Crippen LogP contribution in [-0.4, -0.2) is 45.5 Å². The molecule has 2 N–H and O–H groups in total. The van der Waals surface area contributed by atoms with Crippen LogP contribution in [0.3, 0.4) is 0 Å². The highest BCUT2D eigenvalue weighted by molar-refractivity contribution is 14.0. The molecule has 6 nitrogen and oxygen atoms in total. The van der Waals surface area contributed by atoms with E-state index in [1.54, 1.807) is 32.2 Å². The first-order valence-electron chi connectivity index (χ1n) is 9.89. The van der Waals surface area contributed by atoms with E-state index in [0.717, 1.165) is 13.0 Å². The van der Waals surface area contributed by atoms with Gasteiger partial charge < -0.3 is 24.8 Å². The lowest BCUT2D eigenvalue weighted by Crippen LogP contribution is -2.37. The van der Waals surface area contributed by atoms with Gasteiger partial charge in [0.15, 0.2) is 17.5 Å². The third-order valence-corrected chi connectivity index (χ3v) is 4.51. The van der Waals surface area contributed by atoms with Gasteiger partial charge in [-0.25, -0.2) is 0 Å². The fourth-order valence-electron chi connectivity index (χ4n) is 3.18. The highest BCUT2D eigenvalue weighted by Gasteiger charge is 2.16. The first-order valence-corrected chi connectivity index (χ1v) is 9.89. The normalized spacial score (nSPS) is 14.6. The molecule has 0 bridgehead atoms. The molecule has 0 atom stereocenters. The molecule has 2 rings (SSSR count). The van der Waals surface area contributed by atoms with E-state index in [9.17, 15) is 8.78 Å². The summed E-state index contributed by atoms with van der Waals surface area (Å²) < 4.78 is 41.5. The van der Waals surface area contributed by atoms with Crippen molar-refractivity contribution in [3.05, 3.63) is 23.8 Å². The Labute approximate surface area is 188 Å². The van der Waals surface area contributed by atoms with Crippen molar-refractivity contribution in [3.63, 3.8) is 0 Å². The van der Waals surface area contributed by atoms with Crippen molar-refractivity contribution in [1.82, 2.24) is 10.6 Å². The topological polar surface area (TPSA) is 64.1 Å². The number of hydrogen-bond donors (Lipinski definition) is 2.